The highest BCUT2D eigenvalue weighted by Gasteiger charge is 2.27. The number of urea groups is 1. The first-order valence-corrected chi connectivity index (χ1v) is 3.95. The van der Waals surface area contributed by atoms with E-state index in [-0.39, 0.29) is 17.7 Å². The van der Waals surface area contributed by atoms with E-state index < -0.39 is 0 Å². The molecule has 0 spiro atoms. The second kappa shape index (κ2) is 2.79. The molecule has 1 unspecified atom stereocenters. The number of carbonyl (C=O) groups is 1. The van der Waals surface area contributed by atoms with Crippen molar-refractivity contribution in [2.45, 2.75) is 32.5 Å². The van der Waals surface area contributed by atoms with Crippen molar-refractivity contribution in [3.05, 3.63) is 12.3 Å². The Morgan fingerprint density at radius 2 is 2.17 bits per heavy atom. The zero-order chi connectivity index (χ0) is 9.35. The number of nitrogens with one attached hydrogen (secondary N) is 1. The average Bonchev–Trinajstić information content (AvgIpc) is 1.83. The summed E-state index contributed by atoms with van der Waals surface area (Å²) >= 11 is 0. The maximum Gasteiger partial charge on any atom is 0.323 e. The predicted octanol–water partition coefficient (Wildman–Crippen LogP) is 0.609. The smallest absolute Gasteiger partial charge is 0.319 e. The van der Waals surface area contributed by atoms with Gasteiger partial charge in [-0.2, -0.15) is 0 Å². The molecular weight excluding hydrogens is 154 g/mol. The Bertz CT molecular complexity index is 217. The van der Waals surface area contributed by atoms with Crippen molar-refractivity contribution >= 4 is 6.03 Å². The molecule has 0 saturated heterocycles. The molecule has 0 bridgehead atoms. The molecular formula is C8H15N3O. The van der Waals surface area contributed by atoms with E-state index in [2.05, 4.69) is 5.32 Å². The first kappa shape index (κ1) is 9.06. The lowest BCUT2D eigenvalue weighted by Crippen LogP contribution is -2.54. The van der Waals surface area contributed by atoms with Crippen LogP contribution in [0.25, 0.3) is 0 Å². The molecule has 1 atom stereocenters. The maximum absolute atomic E-state index is 11.3. The van der Waals surface area contributed by atoms with Crippen molar-refractivity contribution in [2.75, 3.05) is 0 Å². The van der Waals surface area contributed by atoms with Gasteiger partial charge >= 0.3 is 6.03 Å². The monoisotopic (exact) mass is 169 g/mol. The Morgan fingerprint density at radius 1 is 1.58 bits per heavy atom. The topological polar surface area (TPSA) is 58.4 Å². The van der Waals surface area contributed by atoms with Gasteiger partial charge in [0.05, 0.1) is 6.17 Å². The van der Waals surface area contributed by atoms with Crippen LogP contribution < -0.4 is 11.1 Å². The molecule has 0 aromatic carbocycles. The van der Waals surface area contributed by atoms with Gasteiger partial charge < -0.3 is 11.1 Å². The minimum atomic E-state index is -0.351. The Hall–Kier alpha value is -1.03. The van der Waals surface area contributed by atoms with Crippen molar-refractivity contribution < 1.29 is 4.79 Å². The fraction of sp³-hybridized carbons (Fsp3) is 0.625. The summed E-state index contributed by atoms with van der Waals surface area (Å²) in [5.41, 5.74) is 5.29. The highest BCUT2D eigenvalue weighted by atomic mass is 16.2. The highest BCUT2D eigenvalue weighted by Crippen LogP contribution is 2.15. The number of rotatable bonds is 0. The van der Waals surface area contributed by atoms with Gasteiger partial charge in [0.1, 0.15) is 0 Å². The first-order valence-electron chi connectivity index (χ1n) is 3.95. The number of nitrogens with zero attached hydrogens (tertiary/aromatic N) is 1. The molecule has 1 aliphatic rings. The van der Waals surface area contributed by atoms with Gasteiger partial charge in [-0.15, -0.1) is 0 Å². The molecule has 0 aliphatic carbocycles. The van der Waals surface area contributed by atoms with Gasteiger partial charge in [0.25, 0.3) is 0 Å². The number of hydrogen-bond donors (Lipinski definition) is 2. The third-order valence-electron chi connectivity index (χ3n) is 1.67. The summed E-state index contributed by atoms with van der Waals surface area (Å²) in [5.74, 6) is 0. The molecule has 0 aromatic rings. The van der Waals surface area contributed by atoms with Crippen molar-refractivity contribution in [1.29, 1.82) is 0 Å². The second-order valence-electron chi connectivity index (χ2n) is 3.86. The van der Waals surface area contributed by atoms with Crippen LogP contribution in [0, 0.1) is 0 Å². The number of amides is 2. The molecule has 0 fully saturated rings. The van der Waals surface area contributed by atoms with Crippen molar-refractivity contribution in [3.8, 4) is 0 Å². The van der Waals surface area contributed by atoms with Crippen LogP contribution in [0.5, 0.6) is 0 Å². The van der Waals surface area contributed by atoms with E-state index in [0.29, 0.717) is 0 Å². The standard InChI is InChI=1S/C8H15N3O/c1-8(2,3)11-5-4-6(9)10-7(11)12/h4-6H,9H2,1-3H3,(H,10,12). The Kier molecular flexibility index (Phi) is 2.10. The summed E-state index contributed by atoms with van der Waals surface area (Å²) < 4.78 is 0. The molecule has 1 heterocycles. The molecule has 0 aromatic heterocycles. The maximum atomic E-state index is 11.3. The molecule has 4 nitrogen and oxygen atoms in total. The lowest BCUT2D eigenvalue weighted by atomic mass is 10.1. The lowest BCUT2D eigenvalue weighted by Gasteiger charge is -2.36. The van der Waals surface area contributed by atoms with Crippen LogP contribution in [0.2, 0.25) is 0 Å². The summed E-state index contributed by atoms with van der Waals surface area (Å²) in [4.78, 5) is 13.0. The molecule has 1 aliphatic heterocycles. The summed E-state index contributed by atoms with van der Waals surface area (Å²) in [7, 11) is 0. The van der Waals surface area contributed by atoms with Crippen LogP contribution in [0.1, 0.15) is 20.8 Å². The van der Waals surface area contributed by atoms with Crippen LogP contribution in [0.4, 0.5) is 4.79 Å². The zero-order valence-corrected chi connectivity index (χ0v) is 7.66. The molecule has 0 saturated carbocycles. The highest BCUT2D eigenvalue weighted by molar-refractivity contribution is 5.77. The van der Waals surface area contributed by atoms with E-state index in [1.165, 1.54) is 0 Å². The minimum absolute atomic E-state index is 0.141. The fourth-order valence-corrected chi connectivity index (χ4v) is 1.03. The normalized spacial score (nSPS) is 24.2. The first-order chi connectivity index (χ1) is 5.41. The Morgan fingerprint density at radius 3 is 2.58 bits per heavy atom. The summed E-state index contributed by atoms with van der Waals surface area (Å²) in [5, 5.41) is 2.61. The van der Waals surface area contributed by atoms with Gasteiger partial charge in [0.2, 0.25) is 0 Å². The molecule has 12 heavy (non-hydrogen) atoms. The Labute approximate surface area is 72.4 Å². The van der Waals surface area contributed by atoms with Gasteiger partial charge in [-0.3, -0.25) is 4.90 Å². The summed E-state index contributed by atoms with van der Waals surface area (Å²) in [6.45, 7) is 5.90. The fourth-order valence-electron chi connectivity index (χ4n) is 1.03. The van der Waals surface area contributed by atoms with E-state index in [0.717, 1.165) is 0 Å². The quantitative estimate of drug-likeness (QED) is 0.558. The van der Waals surface area contributed by atoms with E-state index in [9.17, 15) is 4.79 Å². The minimum Gasteiger partial charge on any atom is -0.319 e. The predicted molar refractivity (Wildman–Crippen MR) is 47.2 cm³/mol. The molecule has 3 N–H and O–H groups in total. The largest absolute Gasteiger partial charge is 0.323 e. The second-order valence-corrected chi connectivity index (χ2v) is 3.86. The molecule has 0 radical (unpaired) electrons. The molecule has 68 valence electrons. The van der Waals surface area contributed by atoms with Gasteiger partial charge in [-0.1, -0.05) is 0 Å². The number of nitrogens with two attached hydrogens (primary N) is 1. The SMILES string of the molecule is CC(C)(C)N1C=CC(N)NC1=O. The third-order valence-corrected chi connectivity index (χ3v) is 1.67. The van der Waals surface area contributed by atoms with Crippen molar-refractivity contribution in [1.82, 2.24) is 10.2 Å². The molecule has 2 amide bonds. The van der Waals surface area contributed by atoms with E-state index in [4.69, 9.17) is 5.73 Å². The van der Waals surface area contributed by atoms with Gasteiger partial charge in [-0.05, 0) is 26.8 Å². The van der Waals surface area contributed by atoms with Gasteiger partial charge in [0.15, 0.2) is 0 Å². The van der Waals surface area contributed by atoms with Crippen molar-refractivity contribution in [2.24, 2.45) is 5.73 Å². The Balaban J connectivity index is 2.80. The molecule has 4 heteroatoms. The van der Waals surface area contributed by atoms with E-state index in [1.54, 1.807) is 17.2 Å². The van der Waals surface area contributed by atoms with Crippen LogP contribution in [-0.4, -0.2) is 22.6 Å². The van der Waals surface area contributed by atoms with Crippen LogP contribution in [-0.2, 0) is 0 Å². The van der Waals surface area contributed by atoms with Crippen LogP contribution in [0.15, 0.2) is 12.3 Å². The third kappa shape index (κ3) is 1.76. The van der Waals surface area contributed by atoms with E-state index in [1.807, 2.05) is 20.8 Å². The van der Waals surface area contributed by atoms with Crippen molar-refractivity contribution in [3.63, 3.8) is 0 Å². The molecule has 1 rings (SSSR count). The van der Waals surface area contributed by atoms with Gasteiger partial charge in [0, 0.05) is 11.7 Å². The number of carbonyl (C=O) groups excluding carboxylic acids is 1. The number of hydrogen-bond acceptors (Lipinski definition) is 2. The lowest BCUT2D eigenvalue weighted by molar-refractivity contribution is 0.172. The van der Waals surface area contributed by atoms with Crippen LogP contribution >= 0.6 is 0 Å². The van der Waals surface area contributed by atoms with Crippen LogP contribution in [0.3, 0.4) is 0 Å². The average molecular weight is 169 g/mol. The zero-order valence-electron chi connectivity index (χ0n) is 7.66. The van der Waals surface area contributed by atoms with E-state index >= 15 is 0 Å². The summed E-state index contributed by atoms with van der Waals surface area (Å²) in [6.07, 6.45) is 3.13. The summed E-state index contributed by atoms with van der Waals surface area (Å²) in [6, 6.07) is -0.141. The van der Waals surface area contributed by atoms with Gasteiger partial charge in [-0.25, -0.2) is 4.79 Å².